The maximum absolute atomic E-state index is 13.1. The monoisotopic (exact) mass is 401 g/mol. The maximum Gasteiger partial charge on any atom is 0.154 e. The van der Waals surface area contributed by atoms with Crippen molar-refractivity contribution in [2.24, 2.45) is 0 Å². The zero-order valence-corrected chi connectivity index (χ0v) is 14.9. The van der Waals surface area contributed by atoms with E-state index in [-0.39, 0.29) is 6.04 Å². The molecule has 1 unspecified atom stereocenters. The van der Waals surface area contributed by atoms with Crippen molar-refractivity contribution < 1.29 is 4.21 Å². The Morgan fingerprint density at radius 1 is 1.33 bits per heavy atom. The summed E-state index contributed by atoms with van der Waals surface area (Å²) in [4.78, 5) is 5.01. The average molecular weight is 402 g/mol. The smallest absolute Gasteiger partial charge is 0.154 e. The fraction of sp³-hybridized carbons (Fsp3) is 0.188. The number of halogens is 1. The van der Waals surface area contributed by atoms with E-state index < -0.39 is 11.0 Å². The molecule has 0 aliphatic heterocycles. The molecule has 120 valence electrons. The van der Waals surface area contributed by atoms with Gasteiger partial charge in [0, 0.05) is 18.4 Å². The van der Waals surface area contributed by atoms with E-state index in [0.717, 1.165) is 22.8 Å². The zero-order chi connectivity index (χ0) is 16.7. The number of hydrogen-bond acceptors (Lipinski definition) is 4. The van der Waals surface area contributed by atoms with Gasteiger partial charge in [0.15, 0.2) is 11.0 Å². The van der Waals surface area contributed by atoms with E-state index in [1.54, 1.807) is 29.0 Å². The Bertz CT molecular complexity index is 974. The lowest BCUT2D eigenvalue weighted by molar-refractivity contribution is 0.677. The van der Waals surface area contributed by atoms with E-state index in [2.05, 4.69) is 32.1 Å². The molecule has 3 aromatic rings. The fourth-order valence-electron chi connectivity index (χ4n) is 2.45. The first-order valence-corrected chi connectivity index (χ1v) is 9.27. The molecule has 0 aromatic carbocycles. The fourth-order valence-corrected chi connectivity index (χ4v) is 4.22. The summed E-state index contributed by atoms with van der Waals surface area (Å²) < 4.78 is 17.6. The Kier molecular flexibility index (Phi) is 3.82. The molecule has 8 heteroatoms. The number of fused-ring (bicyclic) bond motifs is 1. The van der Waals surface area contributed by atoms with Crippen molar-refractivity contribution in [3.8, 4) is 6.07 Å². The van der Waals surface area contributed by atoms with Gasteiger partial charge >= 0.3 is 0 Å². The molecular weight excluding hydrogens is 390 g/mol. The highest BCUT2D eigenvalue weighted by molar-refractivity contribution is 9.10. The third kappa shape index (κ3) is 2.70. The molecule has 3 heterocycles. The number of aromatic nitrogens is 3. The first-order valence-electron chi connectivity index (χ1n) is 7.37. The van der Waals surface area contributed by atoms with Gasteiger partial charge < -0.3 is 0 Å². The third-order valence-corrected chi connectivity index (χ3v) is 5.92. The number of rotatable bonds is 4. The van der Waals surface area contributed by atoms with Crippen LogP contribution in [-0.2, 0) is 11.0 Å². The summed E-state index contributed by atoms with van der Waals surface area (Å²) >= 11 is 3.45. The largest absolute Gasteiger partial charge is 0.269 e. The van der Waals surface area contributed by atoms with Crippen molar-refractivity contribution in [3.05, 3.63) is 52.9 Å². The van der Waals surface area contributed by atoms with Crippen LogP contribution < -0.4 is 4.31 Å². The molecule has 0 saturated heterocycles. The highest BCUT2D eigenvalue weighted by Crippen LogP contribution is 2.34. The second kappa shape index (κ2) is 6.00. The van der Waals surface area contributed by atoms with Crippen molar-refractivity contribution in [3.63, 3.8) is 0 Å². The topological polar surface area (TPSA) is 74.3 Å². The van der Waals surface area contributed by atoms with Gasteiger partial charge in [-0.2, -0.15) is 10.4 Å². The molecule has 24 heavy (non-hydrogen) atoms. The number of anilines is 1. The average Bonchev–Trinajstić information content (AvgIpc) is 3.38. The minimum Gasteiger partial charge on any atom is -0.269 e. The van der Waals surface area contributed by atoms with Gasteiger partial charge in [0.25, 0.3) is 0 Å². The molecule has 0 bridgehead atoms. The van der Waals surface area contributed by atoms with E-state index in [1.807, 2.05) is 16.4 Å². The van der Waals surface area contributed by atoms with Crippen molar-refractivity contribution in [2.45, 2.75) is 23.8 Å². The second-order valence-electron chi connectivity index (χ2n) is 5.51. The van der Waals surface area contributed by atoms with Gasteiger partial charge in [-0.25, -0.2) is 13.7 Å². The second-order valence-corrected chi connectivity index (χ2v) is 7.73. The number of hydrogen-bond donors (Lipinski definition) is 0. The lowest BCUT2D eigenvalue weighted by Crippen LogP contribution is -2.29. The van der Waals surface area contributed by atoms with Crippen LogP contribution in [-0.4, -0.2) is 24.8 Å². The van der Waals surface area contributed by atoms with E-state index in [0.29, 0.717) is 16.3 Å². The van der Waals surface area contributed by atoms with E-state index in [4.69, 9.17) is 5.26 Å². The van der Waals surface area contributed by atoms with Crippen LogP contribution in [0.5, 0.6) is 0 Å². The van der Waals surface area contributed by atoms with E-state index in [1.165, 1.54) is 6.20 Å². The summed E-state index contributed by atoms with van der Waals surface area (Å²) in [6.07, 6.45) is 7.00. The summed E-state index contributed by atoms with van der Waals surface area (Å²) in [5, 5.41) is 13.1. The van der Waals surface area contributed by atoms with Gasteiger partial charge in [-0.1, -0.05) is 0 Å². The van der Waals surface area contributed by atoms with Crippen LogP contribution in [0.3, 0.4) is 0 Å². The van der Waals surface area contributed by atoms with Crippen LogP contribution in [0.25, 0.3) is 5.52 Å². The number of nitriles is 1. The van der Waals surface area contributed by atoms with Crippen LogP contribution in [0.2, 0.25) is 0 Å². The van der Waals surface area contributed by atoms with Gasteiger partial charge in [-0.15, -0.1) is 0 Å². The van der Waals surface area contributed by atoms with E-state index >= 15 is 0 Å². The van der Waals surface area contributed by atoms with Gasteiger partial charge in [-0.05, 0) is 53.0 Å². The minimum absolute atomic E-state index is 0.218. The molecule has 0 radical (unpaired) electrons. The molecule has 1 atom stereocenters. The lowest BCUT2D eigenvalue weighted by Gasteiger charge is -2.22. The quantitative estimate of drug-likeness (QED) is 0.673. The molecule has 1 aliphatic carbocycles. The van der Waals surface area contributed by atoms with E-state index in [9.17, 15) is 4.21 Å². The molecule has 4 rings (SSSR count). The Hall–Kier alpha value is -2.24. The highest BCUT2D eigenvalue weighted by Gasteiger charge is 2.34. The molecule has 3 aromatic heterocycles. The van der Waals surface area contributed by atoms with Crippen LogP contribution in [0.1, 0.15) is 18.4 Å². The Morgan fingerprint density at radius 2 is 2.17 bits per heavy atom. The summed E-state index contributed by atoms with van der Waals surface area (Å²) in [6, 6.07) is 9.40. The normalized spacial score (nSPS) is 15.2. The predicted octanol–water partition coefficient (Wildman–Crippen LogP) is 3.06. The molecule has 1 aliphatic rings. The number of nitrogens with zero attached hydrogens (tertiary/aromatic N) is 5. The van der Waals surface area contributed by atoms with Gasteiger partial charge in [0.2, 0.25) is 0 Å². The molecular formula is C16H12BrN5OS. The van der Waals surface area contributed by atoms with Crippen LogP contribution >= 0.6 is 15.9 Å². The van der Waals surface area contributed by atoms with Crippen LogP contribution in [0.4, 0.5) is 5.82 Å². The van der Waals surface area contributed by atoms with Crippen LogP contribution in [0.15, 0.2) is 52.2 Å². The van der Waals surface area contributed by atoms with Gasteiger partial charge in [0.05, 0.1) is 26.6 Å². The highest BCUT2D eigenvalue weighted by atomic mass is 79.9. The van der Waals surface area contributed by atoms with Gasteiger partial charge in [0.1, 0.15) is 11.9 Å². The first-order chi connectivity index (χ1) is 11.7. The summed E-state index contributed by atoms with van der Waals surface area (Å²) in [7, 11) is -1.37. The number of pyridine rings is 2. The van der Waals surface area contributed by atoms with Crippen molar-refractivity contribution in [1.82, 2.24) is 14.6 Å². The Balaban J connectivity index is 1.73. The zero-order valence-electron chi connectivity index (χ0n) is 12.5. The van der Waals surface area contributed by atoms with Crippen molar-refractivity contribution >= 4 is 38.3 Å². The summed E-state index contributed by atoms with van der Waals surface area (Å²) in [5.41, 5.74) is 1.36. The summed E-state index contributed by atoms with van der Waals surface area (Å²) in [5.74, 6) is 0.627. The third-order valence-electron chi connectivity index (χ3n) is 3.81. The molecule has 1 saturated carbocycles. The first kappa shape index (κ1) is 15.3. The van der Waals surface area contributed by atoms with Crippen LogP contribution in [0, 0.1) is 11.3 Å². The molecule has 6 nitrogen and oxygen atoms in total. The van der Waals surface area contributed by atoms with Gasteiger partial charge in [-0.3, -0.25) is 4.31 Å². The lowest BCUT2D eigenvalue weighted by atomic mass is 10.3. The van der Waals surface area contributed by atoms with Crippen molar-refractivity contribution in [1.29, 1.82) is 5.26 Å². The molecule has 0 spiro atoms. The summed E-state index contributed by atoms with van der Waals surface area (Å²) in [6.45, 7) is 0. The van der Waals surface area contributed by atoms with Crippen molar-refractivity contribution in [2.75, 3.05) is 4.31 Å². The SMILES string of the molecule is N#Cc1ccc(N(C2CC2)S(=O)c2ccn3ncc(Br)c3c2)nc1. The minimum atomic E-state index is -1.37. The maximum atomic E-state index is 13.1. The molecule has 1 fully saturated rings. The molecule has 0 amide bonds. The standard InChI is InChI=1S/C16H12BrN5OS/c17-14-10-20-21-6-5-13(7-15(14)21)24(23)22(12-2-3-12)16-4-1-11(8-18)9-19-16/h1,4-7,9-10,12H,2-3H2. The predicted molar refractivity (Wildman–Crippen MR) is 93.8 cm³/mol. The Labute approximate surface area is 149 Å². The molecule has 0 N–H and O–H groups in total. The Morgan fingerprint density at radius 3 is 2.83 bits per heavy atom.